The van der Waals surface area contributed by atoms with Crippen LogP contribution in [0.3, 0.4) is 0 Å². The van der Waals surface area contributed by atoms with Crippen molar-refractivity contribution in [1.29, 1.82) is 0 Å². The van der Waals surface area contributed by atoms with Crippen molar-refractivity contribution in [2.45, 2.75) is 19.1 Å². The zero-order chi connectivity index (χ0) is 15.2. The minimum absolute atomic E-state index is 0.153. The second-order valence-electron chi connectivity index (χ2n) is 5.43. The molecule has 1 fully saturated rings. The molecule has 1 N–H and O–H groups in total. The minimum atomic E-state index is 0.153. The van der Waals surface area contributed by atoms with Crippen molar-refractivity contribution >= 4 is 5.82 Å². The Balaban J connectivity index is 1.55. The van der Waals surface area contributed by atoms with Gasteiger partial charge in [0.2, 0.25) is 0 Å². The van der Waals surface area contributed by atoms with Crippen LogP contribution in [0.4, 0.5) is 5.82 Å². The maximum atomic E-state index is 5.85. The van der Waals surface area contributed by atoms with Crippen LogP contribution in [0.1, 0.15) is 18.5 Å². The number of hydrogen-bond donors (Lipinski definition) is 1. The highest BCUT2D eigenvalue weighted by molar-refractivity contribution is 5.31. The highest BCUT2D eigenvalue weighted by Gasteiger charge is 2.24. The van der Waals surface area contributed by atoms with E-state index in [4.69, 9.17) is 4.74 Å². The highest BCUT2D eigenvalue weighted by atomic mass is 16.5. The largest absolute Gasteiger partial charge is 0.374 e. The molecular formula is C16H21N5O. The Kier molecular flexibility index (Phi) is 4.92. The van der Waals surface area contributed by atoms with E-state index >= 15 is 0 Å². The van der Waals surface area contributed by atoms with E-state index in [0.29, 0.717) is 6.04 Å². The second-order valence-corrected chi connectivity index (χ2v) is 5.43. The number of aromatic nitrogens is 3. The molecule has 0 saturated carbocycles. The molecule has 0 unspecified atom stereocenters. The number of rotatable bonds is 5. The third-order valence-electron chi connectivity index (χ3n) is 3.99. The van der Waals surface area contributed by atoms with Crippen LogP contribution in [0.5, 0.6) is 0 Å². The molecule has 0 aliphatic carbocycles. The first-order valence-corrected chi connectivity index (χ1v) is 7.60. The standard InChI is InChI=1S/C16H21N5O/c1-13(14-4-7-17-8-5-14)21-9-10-22-15(12-21)11-18-16-3-2-6-19-20-16/h2-8,13,15H,9-12H2,1H3,(H,18,20)/t13-,15+/m1/s1. The van der Waals surface area contributed by atoms with Crippen LogP contribution in [0.25, 0.3) is 0 Å². The molecule has 0 radical (unpaired) electrons. The smallest absolute Gasteiger partial charge is 0.148 e. The summed E-state index contributed by atoms with van der Waals surface area (Å²) in [5.41, 5.74) is 1.29. The Morgan fingerprint density at radius 1 is 1.32 bits per heavy atom. The lowest BCUT2D eigenvalue weighted by atomic mass is 10.1. The predicted octanol–water partition coefficient (Wildman–Crippen LogP) is 1.75. The van der Waals surface area contributed by atoms with Gasteiger partial charge in [-0.25, -0.2) is 0 Å². The minimum Gasteiger partial charge on any atom is -0.374 e. The lowest BCUT2D eigenvalue weighted by molar-refractivity contribution is -0.0346. The van der Waals surface area contributed by atoms with E-state index in [-0.39, 0.29) is 6.10 Å². The second kappa shape index (κ2) is 7.29. The van der Waals surface area contributed by atoms with Gasteiger partial charge in [0.25, 0.3) is 0 Å². The molecule has 2 atom stereocenters. The molecule has 0 aromatic carbocycles. The SMILES string of the molecule is C[C@H](c1ccncc1)N1CCO[C@@H](CNc2cccnn2)C1. The molecule has 2 aromatic heterocycles. The van der Waals surface area contributed by atoms with Gasteiger partial charge in [-0.05, 0) is 36.8 Å². The Morgan fingerprint density at radius 3 is 2.95 bits per heavy atom. The average Bonchev–Trinajstić information content (AvgIpc) is 2.61. The first kappa shape index (κ1) is 14.9. The first-order chi connectivity index (χ1) is 10.8. The molecule has 1 aliphatic rings. The molecule has 1 aliphatic heterocycles. The predicted molar refractivity (Wildman–Crippen MR) is 84.5 cm³/mol. The summed E-state index contributed by atoms with van der Waals surface area (Å²) in [6, 6.07) is 8.30. The van der Waals surface area contributed by atoms with Crippen LogP contribution in [0.2, 0.25) is 0 Å². The van der Waals surface area contributed by atoms with Crippen LogP contribution in [-0.4, -0.2) is 52.4 Å². The first-order valence-electron chi connectivity index (χ1n) is 7.60. The number of pyridine rings is 1. The molecule has 0 amide bonds. The van der Waals surface area contributed by atoms with Crippen LogP contribution in [-0.2, 0) is 4.74 Å². The van der Waals surface area contributed by atoms with Crippen LogP contribution in [0.15, 0.2) is 42.9 Å². The van der Waals surface area contributed by atoms with E-state index in [0.717, 1.165) is 32.1 Å². The lowest BCUT2D eigenvalue weighted by Gasteiger charge is -2.37. The van der Waals surface area contributed by atoms with Gasteiger partial charge in [0.05, 0.1) is 12.7 Å². The Bertz CT molecular complexity index is 565. The average molecular weight is 299 g/mol. The molecule has 0 spiro atoms. The summed E-state index contributed by atoms with van der Waals surface area (Å²) in [7, 11) is 0. The molecule has 116 valence electrons. The van der Waals surface area contributed by atoms with Gasteiger partial charge in [-0.2, -0.15) is 5.10 Å². The van der Waals surface area contributed by atoms with Crippen molar-refractivity contribution in [3.63, 3.8) is 0 Å². The Morgan fingerprint density at radius 2 is 2.18 bits per heavy atom. The molecule has 0 bridgehead atoms. The fourth-order valence-corrected chi connectivity index (χ4v) is 2.68. The van der Waals surface area contributed by atoms with E-state index < -0.39 is 0 Å². The molecule has 1 saturated heterocycles. The fraction of sp³-hybridized carbons (Fsp3) is 0.438. The summed E-state index contributed by atoms with van der Waals surface area (Å²) in [5, 5.41) is 11.2. The van der Waals surface area contributed by atoms with Gasteiger partial charge in [-0.15, -0.1) is 5.10 Å². The van der Waals surface area contributed by atoms with E-state index in [1.54, 1.807) is 6.20 Å². The third kappa shape index (κ3) is 3.78. The Hall–Kier alpha value is -2.05. The van der Waals surface area contributed by atoms with Crippen molar-refractivity contribution in [3.8, 4) is 0 Å². The summed E-state index contributed by atoms with van der Waals surface area (Å²) >= 11 is 0. The van der Waals surface area contributed by atoms with Gasteiger partial charge in [0.15, 0.2) is 0 Å². The summed E-state index contributed by atoms with van der Waals surface area (Å²) in [5.74, 6) is 0.783. The number of nitrogens with one attached hydrogen (secondary N) is 1. The third-order valence-corrected chi connectivity index (χ3v) is 3.99. The van der Waals surface area contributed by atoms with Crippen LogP contribution >= 0.6 is 0 Å². The quantitative estimate of drug-likeness (QED) is 0.907. The van der Waals surface area contributed by atoms with Gasteiger partial charge < -0.3 is 10.1 Å². The van der Waals surface area contributed by atoms with E-state index in [1.807, 2.05) is 24.5 Å². The van der Waals surface area contributed by atoms with Gasteiger partial charge in [0.1, 0.15) is 5.82 Å². The highest BCUT2D eigenvalue weighted by Crippen LogP contribution is 2.22. The Labute approximate surface area is 130 Å². The maximum absolute atomic E-state index is 5.85. The summed E-state index contributed by atoms with van der Waals surface area (Å²) in [6.45, 7) is 5.57. The normalized spacial score (nSPS) is 20.5. The monoisotopic (exact) mass is 299 g/mol. The van der Waals surface area contributed by atoms with E-state index in [2.05, 4.69) is 44.5 Å². The molecule has 3 heterocycles. The maximum Gasteiger partial charge on any atom is 0.148 e. The van der Waals surface area contributed by atoms with Crippen LogP contribution < -0.4 is 5.32 Å². The summed E-state index contributed by atoms with van der Waals surface area (Å²) in [4.78, 5) is 6.53. The van der Waals surface area contributed by atoms with Gasteiger partial charge in [0, 0.05) is 44.3 Å². The molecule has 3 rings (SSSR count). The molecule has 6 heteroatoms. The number of ether oxygens (including phenoxy) is 1. The molecule has 6 nitrogen and oxygen atoms in total. The molecule has 2 aromatic rings. The van der Waals surface area contributed by atoms with Gasteiger partial charge in [-0.3, -0.25) is 9.88 Å². The zero-order valence-corrected chi connectivity index (χ0v) is 12.7. The number of hydrogen-bond acceptors (Lipinski definition) is 6. The summed E-state index contributed by atoms with van der Waals surface area (Å²) < 4.78 is 5.85. The van der Waals surface area contributed by atoms with Crippen molar-refractivity contribution in [1.82, 2.24) is 20.1 Å². The molecule has 22 heavy (non-hydrogen) atoms. The van der Waals surface area contributed by atoms with Gasteiger partial charge in [-0.1, -0.05) is 0 Å². The van der Waals surface area contributed by atoms with Crippen molar-refractivity contribution in [2.75, 3.05) is 31.6 Å². The fourth-order valence-electron chi connectivity index (χ4n) is 2.68. The topological polar surface area (TPSA) is 63.2 Å². The van der Waals surface area contributed by atoms with E-state index in [9.17, 15) is 0 Å². The summed E-state index contributed by atoms with van der Waals surface area (Å²) in [6.07, 6.45) is 5.51. The number of morpholine rings is 1. The molecular weight excluding hydrogens is 278 g/mol. The number of nitrogens with zero attached hydrogens (tertiary/aromatic N) is 4. The van der Waals surface area contributed by atoms with Crippen LogP contribution in [0, 0.1) is 0 Å². The lowest BCUT2D eigenvalue weighted by Crippen LogP contribution is -2.46. The van der Waals surface area contributed by atoms with Crippen molar-refractivity contribution in [2.24, 2.45) is 0 Å². The van der Waals surface area contributed by atoms with Crippen molar-refractivity contribution in [3.05, 3.63) is 48.4 Å². The zero-order valence-electron chi connectivity index (χ0n) is 12.7. The van der Waals surface area contributed by atoms with Gasteiger partial charge >= 0.3 is 0 Å². The van der Waals surface area contributed by atoms with Crippen molar-refractivity contribution < 1.29 is 4.74 Å². The van der Waals surface area contributed by atoms with E-state index in [1.165, 1.54) is 5.56 Å². The number of anilines is 1.